The summed E-state index contributed by atoms with van der Waals surface area (Å²) in [6.07, 6.45) is 3.37. The van der Waals surface area contributed by atoms with E-state index in [1.807, 2.05) is 0 Å². The minimum absolute atomic E-state index is 0.137. The molecule has 6 nitrogen and oxygen atoms in total. The third-order valence-electron chi connectivity index (χ3n) is 4.66. The van der Waals surface area contributed by atoms with Gasteiger partial charge in [-0.2, -0.15) is 0 Å². The van der Waals surface area contributed by atoms with Crippen molar-refractivity contribution in [3.05, 3.63) is 50.6 Å². The monoisotopic (exact) mass is 381 g/mol. The quantitative estimate of drug-likeness (QED) is 0.796. The molecule has 0 aliphatic carbocycles. The molecule has 0 radical (unpaired) electrons. The number of pyridine rings is 1. The van der Waals surface area contributed by atoms with Gasteiger partial charge in [0.05, 0.1) is 11.6 Å². The normalized spacial score (nSPS) is 18.5. The summed E-state index contributed by atoms with van der Waals surface area (Å²) in [6, 6.07) is 5.13. The lowest BCUT2D eigenvalue weighted by Gasteiger charge is -2.35. The highest BCUT2D eigenvalue weighted by atomic mass is 32.2. The number of aromatic nitrogens is 1. The Labute approximate surface area is 152 Å². The zero-order chi connectivity index (χ0) is 18.2. The smallest absolute Gasteiger partial charge is 0.251 e. The minimum atomic E-state index is -3.56. The molecule has 1 aliphatic heterocycles. The van der Waals surface area contributed by atoms with E-state index in [1.165, 1.54) is 47.4 Å². The predicted molar refractivity (Wildman–Crippen MR) is 99.3 cm³/mol. The summed E-state index contributed by atoms with van der Waals surface area (Å²) >= 11 is 1.78. The number of hydrogen-bond acceptors (Lipinski definition) is 5. The average molecular weight is 382 g/mol. The highest BCUT2D eigenvalue weighted by molar-refractivity contribution is 7.89. The first-order valence-corrected chi connectivity index (χ1v) is 10.6. The second kappa shape index (κ2) is 7.03. The maximum Gasteiger partial charge on any atom is 0.251 e. The Balaban J connectivity index is 1.92. The van der Waals surface area contributed by atoms with Gasteiger partial charge in [-0.25, -0.2) is 12.7 Å². The zero-order valence-corrected chi connectivity index (χ0v) is 16.3. The van der Waals surface area contributed by atoms with E-state index in [-0.39, 0.29) is 16.5 Å². The molecule has 0 unspecified atom stereocenters. The molecular formula is C17H23N3O3S2. The summed E-state index contributed by atoms with van der Waals surface area (Å²) in [7, 11) is -0.586. The molecule has 1 atom stereocenters. The standard InChI is InChI=1S/C17H23N3O3S2/c1-4-15-14-8-10-24-16(14)7-9-19(15)12-20-11-13(5-6-17(20)21)25(22,23)18(2)3/h5-6,8,10-11,15H,4,7,9,12H2,1-3H3/t15-/m0/s1. The number of rotatable bonds is 5. The number of hydrogen-bond donors (Lipinski definition) is 0. The van der Waals surface area contributed by atoms with Crippen molar-refractivity contribution in [2.75, 3.05) is 20.6 Å². The van der Waals surface area contributed by atoms with Crippen LogP contribution in [0.4, 0.5) is 0 Å². The summed E-state index contributed by atoms with van der Waals surface area (Å²) in [5.41, 5.74) is 1.15. The van der Waals surface area contributed by atoms with E-state index in [4.69, 9.17) is 0 Å². The highest BCUT2D eigenvalue weighted by Gasteiger charge is 2.27. The van der Waals surface area contributed by atoms with E-state index in [1.54, 1.807) is 11.3 Å². The van der Waals surface area contributed by atoms with Gasteiger partial charge in [-0.3, -0.25) is 9.69 Å². The third-order valence-corrected chi connectivity index (χ3v) is 7.46. The summed E-state index contributed by atoms with van der Waals surface area (Å²) in [5, 5.41) is 2.12. The minimum Gasteiger partial charge on any atom is -0.301 e. The van der Waals surface area contributed by atoms with Crippen LogP contribution in [0.3, 0.4) is 0 Å². The molecule has 2 aromatic rings. The number of sulfonamides is 1. The third kappa shape index (κ3) is 3.44. The number of fused-ring (bicyclic) bond motifs is 1. The first kappa shape index (κ1) is 18.3. The van der Waals surface area contributed by atoms with Gasteiger partial charge in [-0.05, 0) is 35.9 Å². The molecule has 0 saturated heterocycles. The molecule has 8 heteroatoms. The zero-order valence-electron chi connectivity index (χ0n) is 14.7. The molecule has 0 bridgehead atoms. The molecule has 0 spiro atoms. The van der Waals surface area contributed by atoms with Crippen LogP contribution >= 0.6 is 11.3 Å². The second-order valence-electron chi connectivity index (χ2n) is 6.39. The van der Waals surface area contributed by atoms with Crippen molar-refractivity contribution in [3.63, 3.8) is 0 Å². The van der Waals surface area contributed by atoms with Crippen LogP contribution in [0, 0.1) is 0 Å². The van der Waals surface area contributed by atoms with Gasteiger partial charge in [0, 0.05) is 43.8 Å². The molecule has 1 aliphatic rings. The highest BCUT2D eigenvalue weighted by Crippen LogP contribution is 2.35. The molecule has 0 N–H and O–H groups in total. The molecule has 3 heterocycles. The fourth-order valence-corrected chi connectivity index (χ4v) is 5.13. The fourth-order valence-electron chi connectivity index (χ4n) is 3.27. The first-order chi connectivity index (χ1) is 11.8. The summed E-state index contributed by atoms with van der Waals surface area (Å²) in [5.74, 6) is 0. The van der Waals surface area contributed by atoms with Crippen LogP contribution in [0.25, 0.3) is 0 Å². The summed E-state index contributed by atoms with van der Waals surface area (Å²) in [6.45, 7) is 3.40. The van der Waals surface area contributed by atoms with Crippen LogP contribution in [-0.4, -0.2) is 42.8 Å². The van der Waals surface area contributed by atoms with Crippen molar-refractivity contribution < 1.29 is 8.42 Å². The van der Waals surface area contributed by atoms with Gasteiger partial charge in [-0.15, -0.1) is 11.3 Å². The second-order valence-corrected chi connectivity index (χ2v) is 9.54. The lowest BCUT2D eigenvalue weighted by molar-refractivity contribution is 0.135. The van der Waals surface area contributed by atoms with Crippen LogP contribution in [0.15, 0.2) is 39.5 Å². The molecule has 2 aromatic heterocycles. The van der Waals surface area contributed by atoms with Gasteiger partial charge < -0.3 is 4.57 Å². The molecule has 136 valence electrons. The summed E-state index contributed by atoms with van der Waals surface area (Å²) < 4.78 is 27.3. The van der Waals surface area contributed by atoms with Crippen LogP contribution in [0.1, 0.15) is 29.8 Å². The first-order valence-electron chi connectivity index (χ1n) is 8.28. The Morgan fingerprint density at radius 1 is 1.28 bits per heavy atom. The Hall–Kier alpha value is -1.48. The van der Waals surface area contributed by atoms with Crippen LogP contribution in [0.5, 0.6) is 0 Å². The van der Waals surface area contributed by atoms with Gasteiger partial charge in [-0.1, -0.05) is 6.92 Å². The van der Waals surface area contributed by atoms with Crippen molar-refractivity contribution in [3.8, 4) is 0 Å². The van der Waals surface area contributed by atoms with Crippen molar-refractivity contribution in [2.45, 2.75) is 37.4 Å². The van der Waals surface area contributed by atoms with Gasteiger partial charge >= 0.3 is 0 Å². The lowest BCUT2D eigenvalue weighted by atomic mass is 9.98. The molecule has 0 saturated carbocycles. The molecular weight excluding hydrogens is 358 g/mol. The largest absolute Gasteiger partial charge is 0.301 e. The van der Waals surface area contributed by atoms with Crippen molar-refractivity contribution >= 4 is 21.4 Å². The van der Waals surface area contributed by atoms with Crippen LogP contribution in [-0.2, 0) is 23.1 Å². The maximum absolute atomic E-state index is 12.3. The topological polar surface area (TPSA) is 62.6 Å². The van der Waals surface area contributed by atoms with Crippen molar-refractivity contribution in [1.82, 2.24) is 13.8 Å². The fraction of sp³-hybridized carbons (Fsp3) is 0.471. The van der Waals surface area contributed by atoms with E-state index >= 15 is 0 Å². The molecule has 0 amide bonds. The van der Waals surface area contributed by atoms with Crippen molar-refractivity contribution in [1.29, 1.82) is 0 Å². The van der Waals surface area contributed by atoms with Gasteiger partial charge in [0.1, 0.15) is 0 Å². The van der Waals surface area contributed by atoms with Gasteiger partial charge in [0.25, 0.3) is 5.56 Å². The Morgan fingerprint density at radius 2 is 2.04 bits per heavy atom. The van der Waals surface area contributed by atoms with Crippen molar-refractivity contribution in [2.24, 2.45) is 0 Å². The Morgan fingerprint density at radius 3 is 2.72 bits per heavy atom. The number of thiophene rings is 1. The average Bonchev–Trinajstić information content (AvgIpc) is 3.05. The summed E-state index contributed by atoms with van der Waals surface area (Å²) in [4.78, 5) is 16.1. The van der Waals surface area contributed by atoms with Gasteiger partial charge in [0.2, 0.25) is 10.0 Å². The van der Waals surface area contributed by atoms with E-state index in [0.29, 0.717) is 6.67 Å². The van der Waals surface area contributed by atoms with E-state index in [2.05, 4.69) is 23.3 Å². The Bertz CT molecular complexity index is 915. The van der Waals surface area contributed by atoms with Crippen LogP contribution < -0.4 is 5.56 Å². The molecule has 3 rings (SSSR count). The van der Waals surface area contributed by atoms with Gasteiger partial charge in [0.15, 0.2) is 0 Å². The van der Waals surface area contributed by atoms with E-state index in [9.17, 15) is 13.2 Å². The number of nitrogens with zero attached hydrogens (tertiary/aromatic N) is 3. The Kier molecular flexibility index (Phi) is 5.15. The SMILES string of the molecule is CC[C@H]1c2ccsc2CCN1Cn1cc(S(=O)(=O)N(C)C)ccc1=O. The molecule has 0 fully saturated rings. The van der Waals surface area contributed by atoms with Crippen LogP contribution in [0.2, 0.25) is 0 Å². The molecule has 0 aromatic carbocycles. The lowest BCUT2D eigenvalue weighted by Crippen LogP contribution is -2.39. The maximum atomic E-state index is 12.3. The van der Waals surface area contributed by atoms with E-state index < -0.39 is 10.0 Å². The van der Waals surface area contributed by atoms with E-state index in [0.717, 1.165) is 23.7 Å². The molecule has 25 heavy (non-hydrogen) atoms. The predicted octanol–water partition coefficient (Wildman–Crippen LogP) is 2.13.